The Hall–Kier alpha value is -1.34. The van der Waals surface area contributed by atoms with Gasteiger partial charge in [-0.3, -0.25) is 9.69 Å². The fraction of sp³-hybridized carbons (Fsp3) is 0.882. The molecule has 1 amide bonds. The number of methoxy groups -OCH3 is 1. The molecule has 2 rings (SSSR count). The van der Waals surface area contributed by atoms with Crippen LogP contribution >= 0.6 is 0 Å². The van der Waals surface area contributed by atoms with E-state index in [1.165, 1.54) is 7.11 Å². The van der Waals surface area contributed by atoms with Crippen LogP contribution in [-0.4, -0.2) is 80.0 Å². The van der Waals surface area contributed by atoms with E-state index >= 15 is 0 Å². The molecule has 2 aliphatic rings. The summed E-state index contributed by atoms with van der Waals surface area (Å²) in [5.74, 6) is 0.231. The van der Waals surface area contributed by atoms with E-state index in [-0.39, 0.29) is 12.1 Å². The van der Waals surface area contributed by atoms with Gasteiger partial charge in [0.1, 0.15) is 11.6 Å². The normalized spacial score (nSPS) is 23.8. The molecule has 0 N–H and O–H groups in total. The molecule has 2 aliphatic heterocycles. The molecule has 1 atom stereocenters. The molecule has 0 unspecified atom stereocenters. The van der Waals surface area contributed by atoms with Crippen LogP contribution in [0, 0.1) is 5.92 Å². The van der Waals surface area contributed by atoms with Gasteiger partial charge in [-0.25, -0.2) is 4.79 Å². The lowest BCUT2D eigenvalue weighted by Crippen LogP contribution is -2.59. The Morgan fingerprint density at radius 2 is 1.83 bits per heavy atom. The first kappa shape index (κ1) is 19.0. The molecule has 0 aromatic carbocycles. The molecule has 7 heteroatoms. The zero-order valence-corrected chi connectivity index (χ0v) is 15.2. The third-order valence-corrected chi connectivity index (χ3v) is 4.45. The topological polar surface area (TPSA) is 68.3 Å². The summed E-state index contributed by atoms with van der Waals surface area (Å²) in [6.07, 6.45) is 1.66. The van der Waals surface area contributed by atoms with Crippen LogP contribution in [0.2, 0.25) is 0 Å². The van der Waals surface area contributed by atoms with Crippen LogP contribution in [0.1, 0.15) is 33.6 Å². The second-order valence-corrected chi connectivity index (χ2v) is 7.52. The van der Waals surface area contributed by atoms with Gasteiger partial charge in [0, 0.05) is 32.8 Å². The van der Waals surface area contributed by atoms with E-state index in [2.05, 4.69) is 4.90 Å². The van der Waals surface area contributed by atoms with Crippen molar-refractivity contribution in [3.63, 3.8) is 0 Å². The number of hydrogen-bond acceptors (Lipinski definition) is 6. The largest absolute Gasteiger partial charge is 0.468 e. The second kappa shape index (κ2) is 8.16. The fourth-order valence-electron chi connectivity index (χ4n) is 3.15. The van der Waals surface area contributed by atoms with E-state index in [1.807, 2.05) is 20.8 Å². The molecule has 2 fully saturated rings. The van der Waals surface area contributed by atoms with E-state index in [9.17, 15) is 9.59 Å². The second-order valence-electron chi connectivity index (χ2n) is 7.52. The average Bonchev–Trinajstić information content (AvgIpc) is 2.54. The molecular weight excluding hydrogens is 312 g/mol. The third kappa shape index (κ3) is 5.34. The molecule has 0 aromatic rings. The maximum Gasteiger partial charge on any atom is 0.410 e. The van der Waals surface area contributed by atoms with Gasteiger partial charge in [-0.1, -0.05) is 0 Å². The Balaban J connectivity index is 1.98. The minimum absolute atomic E-state index is 0.296. The van der Waals surface area contributed by atoms with Gasteiger partial charge in [0.2, 0.25) is 0 Å². The molecular formula is C17H30N2O5. The molecule has 0 bridgehead atoms. The van der Waals surface area contributed by atoms with E-state index in [1.54, 1.807) is 4.90 Å². The number of rotatable bonds is 3. The van der Waals surface area contributed by atoms with Crippen LogP contribution in [-0.2, 0) is 19.0 Å². The molecule has 2 heterocycles. The van der Waals surface area contributed by atoms with Crippen LogP contribution in [0.4, 0.5) is 4.79 Å². The van der Waals surface area contributed by atoms with Crippen molar-refractivity contribution in [1.82, 2.24) is 9.80 Å². The zero-order chi connectivity index (χ0) is 17.7. The summed E-state index contributed by atoms with van der Waals surface area (Å²) in [6.45, 7) is 9.44. The zero-order valence-electron chi connectivity index (χ0n) is 15.2. The standard InChI is InChI=1S/C17H30N2O5/c1-17(2,3)24-16(21)19-8-7-18(14(12-19)15(20)22-4)11-13-5-9-23-10-6-13/h13-14H,5-12H2,1-4H3/t14-/m0/s1. The summed E-state index contributed by atoms with van der Waals surface area (Å²) < 4.78 is 15.8. The van der Waals surface area contributed by atoms with Gasteiger partial charge in [0.15, 0.2) is 0 Å². The lowest BCUT2D eigenvalue weighted by Gasteiger charge is -2.41. The lowest BCUT2D eigenvalue weighted by atomic mass is 9.98. The van der Waals surface area contributed by atoms with Crippen molar-refractivity contribution in [3.05, 3.63) is 0 Å². The number of ether oxygens (including phenoxy) is 3. The Morgan fingerprint density at radius 3 is 2.42 bits per heavy atom. The van der Waals surface area contributed by atoms with E-state index in [4.69, 9.17) is 14.2 Å². The monoisotopic (exact) mass is 342 g/mol. The lowest BCUT2D eigenvalue weighted by molar-refractivity contribution is -0.149. The van der Waals surface area contributed by atoms with Crippen LogP contribution in [0.5, 0.6) is 0 Å². The van der Waals surface area contributed by atoms with Crippen molar-refractivity contribution in [1.29, 1.82) is 0 Å². The minimum Gasteiger partial charge on any atom is -0.468 e. The van der Waals surface area contributed by atoms with E-state index in [0.717, 1.165) is 32.6 Å². The van der Waals surface area contributed by atoms with Crippen LogP contribution in [0.15, 0.2) is 0 Å². The Kier molecular flexibility index (Phi) is 6.46. The molecule has 24 heavy (non-hydrogen) atoms. The smallest absolute Gasteiger partial charge is 0.410 e. The minimum atomic E-state index is -0.545. The Labute approximate surface area is 144 Å². The molecule has 0 radical (unpaired) electrons. The average molecular weight is 342 g/mol. The summed E-state index contributed by atoms with van der Waals surface area (Å²) in [4.78, 5) is 28.2. The summed E-state index contributed by atoms with van der Waals surface area (Å²) >= 11 is 0. The molecule has 0 saturated carbocycles. The predicted octanol–water partition coefficient (Wildman–Crippen LogP) is 1.51. The van der Waals surface area contributed by atoms with Crippen molar-refractivity contribution in [2.45, 2.75) is 45.3 Å². The van der Waals surface area contributed by atoms with Gasteiger partial charge in [0.05, 0.1) is 13.7 Å². The number of nitrogens with zero attached hydrogens (tertiary/aromatic N) is 2. The van der Waals surface area contributed by atoms with Crippen molar-refractivity contribution in [2.75, 3.05) is 46.5 Å². The van der Waals surface area contributed by atoms with Crippen molar-refractivity contribution in [2.24, 2.45) is 5.92 Å². The molecule has 7 nitrogen and oxygen atoms in total. The van der Waals surface area contributed by atoms with Crippen LogP contribution < -0.4 is 0 Å². The SMILES string of the molecule is COC(=O)[C@@H]1CN(C(=O)OC(C)(C)C)CCN1CC1CCOCC1. The molecule has 0 aromatic heterocycles. The summed E-state index contributed by atoms with van der Waals surface area (Å²) in [5.41, 5.74) is -0.545. The summed E-state index contributed by atoms with van der Waals surface area (Å²) in [5, 5.41) is 0. The molecule has 0 aliphatic carbocycles. The molecule has 138 valence electrons. The highest BCUT2D eigenvalue weighted by atomic mass is 16.6. The summed E-state index contributed by atoms with van der Waals surface area (Å²) in [6, 6.07) is -0.431. The molecule has 2 saturated heterocycles. The number of hydrogen-bond donors (Lipinski definition) is 0. The maximum atomic E-state index is 12.3. The Bertz CT molecular complexity index is 443. The number of carbonyl (C=O) groups is 2. The highest BCUT2D eigenvalue weighted by Gasteiger charge is 2.37. The first-order chi connectivity index (χ1) is 11.3. The molecule has 0 spiro atoms. The van der Waals surface area contributed by atoms with E-state index < -0.39 is 11.6 Å². The van der Waals surface area contributed by atoms with Crippen molar-refractivity contribution < 1.29 is 23.8 Å². The van der Waals surface area contributed by atoms with Crippen molar-refractivity contribution >= 4 is 12.1 Å². The number of piperazine rings is 1. The quantitative estimate of drug-likeness (QED) is 0.724. The number of esters is 1. The summed E-state index contributed by atoms with van der Waals surface area (Å²) in [7, 11) is 1.39. The van der Waals surface area contributed by atoms with Gasteiger partial charge in [0.25, 0.3) is 0 Å². The first-order valence-electron chi connectivity index (χ1n) is 8.67. The fourth-order valence-corrected chi connectivity index (χ4v) is 3.15. The highest BCUT2D eigenvalue weighted by Crippen LogP contribution is 2.21. The van der Waals surface area contributed by atoms with Gasteiger partial charge in [-0.2, -0.15) is 0 Å². The number of carbonyl (C=O) groups excluding carboxylic acids is 2. The van der Waals surface area contributed by atoms with Gasteiger partial charge >= 0.3 is 12.1 Å². The van der Waals surface area contributed by atoms with Gasteiger partial charge in [-0.05, 0) is 39.5 Å². The van der Waals surface area contributed by atoms with Crippen molar-refractivity contribution in [3.8, 4) is 0 Å². The van der Waals surface area contributed by atoms with Gasteiger partial charge in [-0.15, -0.1) is 0 Å². The van der Waals surface area contributed by atoms with E-state index in [0.29, 0.717) is 25.6 Å². The predicted molar refractivity (Wildman–Crippen MR) is 88.7 cm³/mol. The Morgan fingerprint density at radius 1 is 1.17 bits per heavy atom. The van der Waals surface area contributed by atoms with Crippen LogP contribution in [0.25, 0.3) is 0 Å². The van der Waals surface area contributed by atoms with Gasteiger partial charge < -0.3 is 19.1 Å². The maximum absolute atomic E-state index is 12.3. The first-order valence-corrected chi connectivity index (χ1v) is 8.67. The third-order valence-electron chi connectivity index (χ3n) is 4.45. The highest BCUT2D eigenvalue weighted by molar-refractivity contribution is 5.77. The van der Waals surface area contributed by atoms with Crippen LogP contribution in [0.3, 0.4) is 0 Å². The number of amides is 1.